The molecular formula is C17H15NO2. The van der Waals surface area contributed by atoms with Crippen molar-refractivity contribution < 1.29 is 9.90 Å². The molecule has 0 fully saturated rings. The van der Waals surface area contributed by atoms with E-state index in [9.17, 15) is 9.90 Å². The number of benzene rings is 2. The number of aromatic nitrogens is 1. The second kappa shape index (κ2) is 4.53. The molecule has 3 nitrogen and oxygen atoms in total. The number of hydrogen-bond acceptors (Lipinski definition) is 1. The van der Waals surface area contributed by atoms with Gasteiger partial charge in [0, 0.05) is 24.1 Å². The van der Waals surface area contributed by atoms with Crippen molar-refractivity contribution in [2.45, 2.75) is 6.92 Å². The lowest BCUT2D eigenvalue weighted by Crippen LogP contribution is -1.94. The maximum atomic E-state index is 11.3. The fourth-order valence-electron chi connectivity index (χ4n) is 2.63. The molecular weight excluding hydrogens is 250 g/mol. The van der Waals surface area contributed by atoms with E-state index in [1.165, 1.54) is 5.56 Å². The van der Waals surface area contributed by atoms with Gasteiger partial charge < -0.3 is 9.67 Å². The summed E-state index contributed by atoms with van der Waals surface area (Å²) in [7, 11) is 1.86. The fraction of sp³-hybridized carbons (Fsp3) is 0.118. The van der Waals surface area contributed by atoms with E-state index >= 15 is 0 Å². The smallest absolute Gasteiger partial charge is 0.337 e. The predicted molar refractivity (Wildman–Crippen MR) is 80.1 cm³/mol. The summed E-state index contributed by atoms with van der Waals surface area (Å²) < 4.78 is 1.85. The van der Waals surface area contributed by atoms with Crippen molar-refractivity contribution >= 4 is 16.9 Å². The minimum atomic E-state index is -0.891. The maximum absolute atomic E-state index is 11.3. The van der Waals surface area contributed by atoms with Gasteiger partial charge in [0.25, 0.3) is 0 Å². The molecule has 0 aliphatic carbocycles. The molecule has 1 aromatic heterocycles. The van der Waals surface area contributed by atoms with Crippen molar-refractivity contribution in [3.05, 3.63) is 59.8 Å². The van der Waals surface area contributed by atoms with Gasteiger partial charge >= 0.3 is 5.97 Å². The van der Waals surface area contributed by atoms with Gasteiger partial charge in [-0.2, -0.15) is 0 Å². The van der Waals surface area contributed by atoms with Crippen molar-refractivity contribution in [2.75, 3.05) is 0 Å². The summed E-state index contributed by atoms with van der Waals surface area (Å²) in [5.74, 6) is -0.891. The molecule has 3 rings (SSSR count). The highest BCUT2D eigenvalue weighted by molar-refractivity contribution is 6.04. The van der Waals surface area contributed by atoms with Gasteiger partial charge in [0.1, 0.15) is 0 Å². The van der Waals surface area contributed by atoms with Crippen molar-refractivity contribution in [1.82, 2.24) is 4.57 Å². The Morgan fingerprint density at radius 1 is 1.15 bits per heavy atom. The molecule has 0 aliphatic heterocycles. The van der Waals surface area contributed by atoms with Crippen LogP contribution in [0.4, 0.5) is 0 Å². The topological polar surface area (TPSA) is 42.2 Å². The van der Waals surface area contributed by atoms with Crippen LogP contribution in [0, 0.1) is 6.92 Å². The average molecular weight is 265 g/mol. The molecule has 2 aromatic carbocycles. The zero-order valence-electron chi connectivity index (χ0n) is 11.4. The number of rotatable bonds is 2. The van der Waals surface area contributed by atoms with Gasteiger partial charge in [0.05, 0.1) is 5.56 Å². The number of aromatic carboxylic acids is 1. The van der Waals surface area contributed by atoms with E-state index in [-0.39, 0.29) is 0 Å². The van der Waals surface area contributed by atoms with Crippen LogP contribution in [0.3, 0.4) is 0 Å². The van der Waals surface area contributed by atoms with Crippen LogP contribution >= 0.6 is 0 Å². The van der Waals surface area contributed by atoms with E-state index < -0.39 is 5.97 Å². The second-order valence-electron chi connectivity index (χ2n) is 5.01. The number of aryl methyl sites for hydroxylation is 2. The highest BCUT2D eigenvalue weighted by Crippen LogP contribution is 2.29. The van der Waals surface area contributed by atoms with Gasteiger partial charge in [0.2, 0.25) is 0 Å². The van der Waals surface area contributed by atoms with Gasteiger partial charge in [-0.15, -0.1) is 0 Å². The Morgan fingerprint density at radius 3 is 2.60 bits per heavy atom. The second-order valence-corrected chi connectivity index (χ2v) is 5.01. The number of carbonyl (C=O) groups is 1. The van der Waals surface area contributed by atoms with Gasteiger partial charge in [-0.05, 0) is 35.7 Å². The monoisotopic (exact) mass is 265 g/mol. The van der Waals surface area contributed by atoms with Crippen LogP contribution in [0.1, 0.15) is 15.9 Å². The highest BCUT2D eigenvalue weighted by atomic mass is 16.4. The largest absolute Gasteiger partial charge is 0.478 e. The highest BCUT2D eigenvalue weighted by Gasteiger charge is 2.13. The molecule has 0 saturated carbocycles. The molecule has 3 aromatic rings. The summed E-state index contributed by atoms with van der Waals surface area (Å²) in [5.41, 5.74) is 4.64. The van der Waals surface area contributed by atoms with Crippen molar-refractivity contribution in [3.8, 4) is 11.1 Å². The molecule has 20 heavy (non-hydrogen) atoms. The number of carboxylic acid groups (broad SMARTS) is 1. The van der Waals surface area contributed by atoms with Gasteiger partial charge in [-0.1, -0.05) is 30.3 Å². The quantitative estimate of drug-likeness (QED) is 0.764. The van der Waals surface area contributed by atoms with Crippen LogP contribution in [0.15, 0.2) is 48.7 Å². The van der Waals surface area contributed by atoms with Gasteiger partial charge in [-0.3, -0.25) is 0 Å². The molecule has 0 amide bonds. The summed E-state index contributed by atoms with van der Waals surface area (Å²) in [6.45, 7) is 2.06. The zero-order chi connectivity index (χ0) is 14.3. The third kappa shape index (κ3) is 1.88. The molecule has 100 valence electrons. The van der Waals surface area contributed by atoms with Crippen LogP contribution in [-0.2, 0) is 7.05 Å². The van der Waals surface area contributed by atoms with Crippen LogP contribution < -0.4 is 0 Å². The lowest BCUT2D eigenvalue weighted by Gasteiger charge is -2.06. The van der Waals surface area contributed by atoms with Crippen molar-refractivity contribution in [2.24, 2.45) is 7.05 Å². The number of hydrogen-bond donors (Lipinski definition) is 1. The fourth-order valence-corrected chi connectivity index (χ4v) is 2.63. The lowest BCUT2D eigenvalue weighted by atomic mass is 9.99. The summed E-state index contributed by atoms with van der Waals surface area (Å²) in [5, 5.41) is 10.1. The average Bonchev–Trinajstić information content (AvgIpc) is 2.76. The van der Waals surface area contributed by atoms with E-state index in [0.29, 0.717) is 5.56 Å². The zero-order valence-corrected chi connectivity index (χ0v) is 11.4. The number of nitrogens with zero attached hydrogens (tertiary/aromatic N) is 1. The van der Waals surface area contributed by atoms with Crippen molar-refractivity contribution in [1.29, 1.82) is 0 Å². The van der Waals surface area contributed by atoms with E-state index in [4.69, 9.17) is 0 Å². The molecule has 0 unspecified atom stereocenters. The molecule has 1 N–H and O–H groups in total. The Bertz CT molecular complexity index is 815. The van der Waals surface area contributed by atoms with E-state index in [1.54, 1.807) is 6.20 Å². The SMILES string of the molecule is Cc1ccccc1-c1ccc2c(c1)c(C(=O)O)cn2C. The standard InChI is InChI=1S/C17H15NO2/c1-11-5-3-4-6-13(11)12-7-8-16-14(9-12)15(17(19)20)10-18(16)2/h3-10H,1-2H3,(H,19,20). The van der Waals surface area contributed by atoms with Gasteiger partial charge in [-0.25, -0.2) is 4.79 Å². The van der Waals surface area contributed by atoms with Crippen LogP contribution in [-0.4, -0.2) is 15.6 Å². The summed E-state index contributed by atoms with van der Waals surface area (Å²) in [6.07, 6.45) is 1.66. The first-order chi connectivity index (χ1) is 9.58. The summed E-state index contributed by atoms with van der Waals surface area (Å²) in [4.78, 5) is 11.3. The first-order valence-electron chi connectivity index (χ1n) is 6.46. The Labute approximate surface area is 117 Å². The Balaban J connectivity index is 2.28. The maximum Gasteiger partial charge on any atom is 0.337 e. The minimum Gasteiger partial charge on any atom is -0.478 e. The molecule has 1 heterocycles. The molecule has 0 atom stereocenters. The molecule has 0 radical (unpaired) electrons. The summed E-state index contributed by atoms with van der Waals surface area (Å²) in [6, 6.07) is 14.1. The first-order valence-corrected chi connectivity index (χ1v) is 6.46. The third-order valence-electron chi connectivity index (χ3n) is 3.68. The normalized spacial score (nSPS) is 10.9. The minimum absolute atomic E-state index is 0.345. The Morgan fingerprint density at radius 2 is 1.90 bits per heavy atom. The molecule has 0 spiro atoms. The summed E-state index contributed by atoms with van der Waals surface area (Å²) >= 11 is 0. The number of carboxylic acids is 1. The van der Waals surface area contributed by atoms with Gasteiger partial charge in [0.15, 0.2) is 0 Å². The first kappa shape index (κ1) is 12.5. The van der Waals surface area contributed by atoms with Crippen LogP contribution in [0.2, 0.25) is 0 Å². The molecule has 3 heteroatoms. The van der Waals surface area contributed by atoms with E-state index in [1.807, 2.05) is 41.9 Å². The molecule has 0 bridgehead atoms. The third-order valence-corrected chi connectivity index (χ3v) is 3.68. The van der Waals surface area contributed by atoms with E-state index in [0.717, 1.165) is 22.0 Å². The van der Waals surface area contributed by atoms with Crippen LogP contribution in [0.5, 0.6) is 0 Å². The van der Waals surface area contributed by atoms with E-state index in [2.05, 4.69) is 19.1 Å². The Hall–Kier alpha value is -2.55. The van der Waals surface area contributed by atoms with Crippen LogP contribution in [0.25, 0.3) is 22.0 Å². The Kier molecular flexibility index (Phi) is 2.83. The number of fused-ring (bicyclic) bond motifs is 1. The predicted octanol–water partition coefficient (Wildman–Crippen LogP) is 3.85. The molecule has 0 aliphatic rings. The lowest BCUT2D eigenvalue weighted by molar-refractivity contribution is 0.0699. The molecule has 0 saturated heterocycles. The van der Waals surface area contributed by atoms with Crippen molar-refractivity contribution in [3.63, 3.8) is 0 Å².